The van der Waals surface area contributed by atoms with Crippen LogP contribution in [0.2, 0.25) is 0 Å². The van der Waals surface area contributed by atoms with E-state index in [1.54, 1.807) is 6.07 Å². The van der Waals surface area contributed by atoms with Gasteiger partial charge in [0, 0.05) is 49.6 Å². The van der Waals surface area contributed by atoms with E-state index < -0.39 is 0 Å². The van der Waals surface area contributed by atoms with E-state index in [-0.39, 0.29) is 0 Å². The summed E-state index contributed by atoms with van der Waals surface area (Å²) in [6.07, 6.45) is 0. The Morgan fingerprint density at radius 1 is 0.338 bits per heavy atom. The number of aromatic nitrogens is 5. The highest BCUT2D eigenvalue weighted by molar-refractivity contribution is 6.10. The molecule has 0 fully saturated rings. The molecule has 0 aliphatic heterocycles. The van der Waals surface area contributed by atoms with Gasteiger partial charge < -0.3 is 9.13 Å². The molecule has 8 nitrogen and oxygen atoms in total. The van der Waals surface area contributed by atoms with Gasteiger partial charge in [-0.3, -0.25) is 0 Å². The van der Waals surface area contributed by atoms with Crippen LogP contribution in [0.15, 0.2) is 231 Å². The first-order valence-electron chi connectivity index (χ1n) is 24.1. The second-order valence-electron chi connectivity index (χ2n) is 18.2. The predicted molar refractivity (Wildman–Crippen MR) is 297 cm³/mol. The van der Waals surface area contributed by atoms with Crippen molar-refractivity contribution in [3.63, 3.8) is 0 Å². The van der Waals surface area contributed by atoms with Crippen molar-refractivity contribution in [2.75, 3.05) is 0 Å². The van der Waals surface area contributed by atoms with E-state index in [4.69, 9.17) is 21.5 Å². The first kappa shape index (κ1) is 43.3. The lowest BCUT2D eigenvalue weighted by atomic mass is 9.97. The van der Waals surface area contributed by atoms with Gasteiger partial charge in [-0.25, -0.2) is 19.8 Å². The number of hydrogen-bond acceptors (Lipinski definition) is 5. The maximum Gasteiger partial charge on any atom is 0.187 e. The number of para-hydroxylation sites is 4. The molecule has 0 saturated heterocycles. The molecule has 0 amide bonds. The molecule has 3 aromatic heterocycles. The van der Waals surface area contributed by atoms with Gasteiger partial charge in [0.25, 0.3) is 0 Å². The van der Waals surface area contributed by atoms with Crippen LogP contribution in [0, 0.1) is 29.2 Å². The van der Waals surface area contributed by atoms with Crippen molar-refractivity contribution in [2.45, 2.75) is 0 Å². The first-order valence-corrected chi connectivity index (χ1v) is 24.1. The fourth-order valence-electron chi connectivity index (χ4n) is 10.4. The maximum atomic E-state index is 10.1. The normalized spacial score (nSPS) is 11.2. The molecule has 8 heteroatoms. The van der Waals surface area contributed by atoms with Crippen LogP contribution in [-0.2, 0) is 0 Å². The van der Waals surface area contributed by atoms with Crippen LogP contribution in [-0.4, -0.2) is 24.1 Å². The van der Waals surface area contributed by atoms with E-state index >= 15 is 0 Å². The molecule has 0 atom stereocenters. The van der Waals surface area contributed by atoms with Crippen molar-refractivity contribution in [1.29, 1.82) is 10.5 Å². The molecule has 0 aliphatic rings. The number of hydrogen-bond donors (Lipinski definition) is 0. The van der Waals surface area contributed by atoms with Crippen LogP contribution in [0.1, 0.15) is 11.1 Å². The molecule has 0 saturated carbocycles. The summed E-state index contributed by atoms with van der Waals surface area (Å²) >= 11 is 0. The maximum absolute atomic E-state index is 10.1. The zero-order valence-electron chi connectivity index (χ0n) is 39.5. The van der Waals surface area contributed by atoms with E-state index in [0.29, 0.717) is 34.3 Å². The number of rotatable bonds is 8. The predicted octanol–water partition coefficient (Wildman–Crippen LogP) is 16.4. The highest BCUT2D eigenvalue weighted by atomic mass is 15.0. The fraction of sp³-hybridized carbons (Fsp3) is 0. The number of nitriles is 2. The average molecular weight is 943 g/mol. The lowest BCUT2D eigenvalue weighted by Gasteiger charge is -2.16. The summed E-state index contributed by atoms with van der Waals surface area (Å²) in [5, 5.41) is 24.6. The van der Waals surface area contributed by atoms with Crippen LogP contribution in [0.5, 0.6) is 0 Å². The van der Waals surface area contributed by atoms with Gasteiger partial charge in [0.05, 0.1) is 51.9 Å². The van der Waals surface area contributed by atoms with Crippen LogP contribution >= 0.6 is 0 Å². The molecule has 0 N–H and O–H groups in total. The molecule has 342 valence electrons. The Labute approximate surface area is 426 Å². The smallest absolute Gasteiger partial charge is 0.187 e. The molecular formula is C66H38N8. The number of nitrogens with zero attached hydrogens (tertiary/aromatic N) is 8. The summed E-state index contributed by atoms with van der Waals surface area (Å²) in [7, 11) is 0. The van der Waals surface area contributed by atoms with E-state index in [0.717, 1.165) is 105 Å². The third kappa shape index (κ3) is 7.50. The SMILES string of the molecule is [C-]#[N+]c1cccc(-c2cc(-c3nc(-c4cc(-c5cccc(C#N)c5)cc(-n5c6ccccc6c6ccccc65)c4)nc(-c4ccccc4-c4cccc(C#N)c4)n3)cc(-n3c4ccccc4c4ccccc43)c2)c1. The van der Waals surface area contributed by atoms with Gasteiger partial charge in [-0.1, -0.05) is 140 Å². The van der Waals surface area contributed by atoms with E-state index in [1.807, 2.05) is 91.0 Å². The van der Waals surface area contributed by atoms with Crippen LogP contribution in [0.4, 0.5) is 5.69 Å². The zero-order chi connectivity index (χ0) is 49.7. The van der Waals surface area contributed by atoms with Crippen molar-refractivity contribution < 1.29 is 0 Å². The summed E-state index contributed by atoms with van der Waals surface area (Å²) in [5.74, 6) is 1.31. The molecule has 13 aromatic rings. The van der Waals surface area contributed by atoms with Crippen LogP contribution in [0.3, 0.4) is 0 Å². The second kappa shape index (κ2) is 17.9. The Balaban J connectivity index is 1.12. The van der Waals surface area contributed by atoms with Crippen LogP contribution < -0.4 is 0 Å². The van der Waals surface area contributed by atoms with E-state index in [1.165, 1.54) is 0 Å². The van der Waals surface area contributed by atoms with Gasteiger partial charge in [0.2, 0.25) is 0 Å². The fourth-order valence-corrected chi connectivity index (χ4v) is 10.4. The summed E-state index contributed by atoms with van der Waals surface area (Å²) in [5.41, 5.74) is 15.1. The Morgan fingerprint density at radius 2 is 0.730 bits per heavy atom. The zero-order valence-corrected chi connectivity index (χ0v) is 39.5. The Morgan fingerprint density at radius 3 is 1.22 bits per heavy atom. The Kier molecular flexibility index (Phi) is 10.5. The minimum Gasteiger partial charge on any atom is -0.309 e. The Hall–Kier alpha value is -10.7. The molecule has 0 aliphatic carbocycles. The molecule has 13 rings (SSSR count). The monoisotopic (exact) mass is 942 g/mol. The van der Waals surface area contributed by atoms with Crippen molar-refractivity contribution in [2.24, 2.45) is 0 Å². The summed E-state index contributed by atoms with van der Waals surface area (Å²) in [6.45, 7) is 7.92. The molecular weight excluding hydrogens is 905 g/mol. The molecule has 10 aromatic carbocycles. The van der Waals surface area contributed by atoms with Gasteiger partial charge in [0.15, 0.2) is 23.2 Å². The van der Waals surface area contributed by atoms with Gasteiger partial charge in [-0.05, 0) is 124 Å². The van der Waals surface area contributed by atoms with Crippen molar-refractivity contribution in [1.82, 2.24) is 24.1 Å². The number of fused-ring (bicyclic) bond motifs is 6. The number of benzene rings is 10. The topological polar surface area (TPSA) is 100 Å². The second-order valence-corrected chi connectivity index (χ2v) is 18.2. The standard InChI is InChI=1S/C66H38N8/c1-69-51-20-14-18-45(35-51)48-34-50(39-53(37-48)74-62-29-10-6-24-57(62)58-25-7-11-30-63(58)74)65-70-64(71-66(72-65)59-26-3-2-21-54(59)46-19-13-16-43(32-46)41-68)49-33-47(44-17-12-15-42(31-44)40-67)36-52(38-49)73-60-27-8-4-22-55(60)56-23-5-9-28-61(56)73/h2-39H. The third-order valence-electron chi connectivity index (χ3n) is 13.8. The summed E-state index contributed by atoms with van der Waals surface area (Å²) in [6, 6.07) is 82.1. The minimum atomic E-state index is 0.435. The molecule has 0 radical (unpaired) electrons. The van der Waals surface area contributed by atoms with Crippen molar-refractivity contribution in [3.05, 3.63) is 253 Å². The Bertz CT molecular complexity index is 4210. The van der Waals surface area contributed by atoms with Gasteiger partial charge in [-0.2, -0.15) is 10.5 Å². The molecule has 0 unspecified atom stereocenters. The first-order chi connectivity index (χ1) is 36.5. The molecule has 0 bridgehead atoms. The molecule has 3 heterocycles. The van der Waals surface area contributed by atoms with Gasteiger partial charge in [0.1, 0.15) is 0 Å². The highest BCUT2D eigenvalue weighted by Gasteiger charge is 2.21. The summed E-state index contributed by atoms with van der Waals surface area (Å²) in [4.78, 5) is 20.1. The summed E-state index contributed by atoms with van der Waals surface area (Å²) < 4.78 is 4.57. The van der Waals surface area contributed by atoms with E-state index in [9.17, 15) is 10.5 Å². The quantitative estimate of drug-likeness (QED) is 0.141. The van der Waals surface area contributed by atoms with Gasteiger partial charge in [-0.15, -0.1) is 0 Å². The van der Waals surface area contributed by atoms with E-state index in [2.05, 4.69) is 160 Å². The van der Waals surface area contributed by atoms with Crippen molar-refractivity contribution in [3.8, 4) is 91.1 Å². The minimum absolute atomic E-state index is 0.435. The highest BCUT2D eigenvalue weighted by Crippen LogP contribution is 2.40. The van der Waals surface area contributed by atoms with Crippen LogP contribution in [0.25, 0.3) is 127 Å². The average Bonchev–Trinajstić information content (AvgIpc) is 4.00. The molecule has 0 spiro atoms. The van der Waals surface area contributed by atoms with Gasteiger partial charge >= 0.3 is 0 Å². The third-order valence-corrected chi connectivity index (χ3v) is 13.8. The lowest BCUT2D eigenvalue weighted by molar-refractivity contribution is 1.07. The molecule has 74 heavy (non-hydrogen) atoms. The largest absolute Gasteiger partial charge is 0.309 e. The lowest BCUT2D eigenvalue weighted by Crippen LogP contribution is -2.03. The van der Waals surface area contributed by atoms with Crippen molar-refractivity contribution >= 4 is 49.3 Å².